The van der Waals surface area contributed by atoms with Gasteiger partial charge in [0.15, 0.2) is 0 Å². The van der Waals surface area contributed by atoms with Gasteiger partial charge in [-0.3, -0.25) is 4.18 Å². The van der Waals surface area contributed by atoms with Gasteiger partial charge in [-0.2, -0.15) is 8.42 Å². The highest BCUT2D eigenvalue weighted by molar-refractivity contribution is 7.85. The minimum atomic E-state index is -3.62. The van der Waals surface area contributed by atoms with Gasteiger partial charge in [0.05, 0.1) is 13.2 Å². The van der Waals surface area contributed by atoms with Gasteiger partial charge in [-0.05, 0) is 36.1 Å². The highest BCUT2D eigenvalue weighted by Gasteiger charge is 2.31. The maximum atomic E-state index is 12.5. The second kappa shape index (κ2) is 8.02. The number of hydrogen-bond donors (Lipinski definition) is 0. The molecule has 0 N–H and O–H groups in total. The van der Waals surface area contributed by atoms with Crippen molar-refractivity contribution in [2.45, 2.75) is 43.5 Å². The number of benzene rings is 2. The van der Waals surface area contributed by atoms with Crippen molar-refractivity contribution < 1.29 is 17.3 Å². The van der Waals surface area contributed by atoms with E-state index in [9.17, 15) is 8.42 Å². The Morgan fingerprint density at radius 2 is 1.76 bits per heavy atom. The molecular formula is C20H24O4S. The van der Waals surface area contributed by atoms with Crippen molar-refractivity contribution in [3.63, 3.8) is 0 Å². The fourth-order valence-electron chi connectivity index (χ4n) is 3.47. The van der Waals surface area contributed by atoms with Crippen LogP contribution in [0.3, 0.4) is 0 Å². The van der Waals surface area contributed by atoms with Crippen molar-refractivity contribution in [1.29, 1.82) is 0 Å². The highest BCUT2D eigenvalue weighted by Crippen LogP contribution is 2.37. The van der Waals surface area contributed by atoms with Crippen LogP contribution in [-0.4, -0.2) is 21.6 Å². The first-order valence-electron chi connectivity index (χ1n) is 8.66. The molecule has 0 heterocycles. The maximum Gasteiger partial charge on any atom is 0.271 e. The molecule has 0 spiro atoms. The zero-order valence-corrected chi connectivity index (χ0v) is 15.2. The quantitative estimate of drug-likeness (QED) is 0.722. The Labute approximate surface area is 149 Å². The molecule has 1 aliphatic carbocycles. The zero-order chi connectivity index (χ0) is 17.7. The number of methoxy groups -OCH3 is 1. The lowest BCUT2D eigenvalue weighted by Gasteiger charge is -2.31. The predicted octanol–water partition coefficient (Wildman–Crippen LogP) is 4.27. The Balaban J connectivity index is 1.76. The number of rotatable bonds is 6. The molecule has 1 fully saturated rings. The first kappa shape index (κ1) is 18.0. The van der Waals surface area contributed by atoms with Crippen LogP contribution in [0, 0.1) is 0 Å². The summed E-state index contributed by atoms with van der Waals surface area (Å²) in [6.45, 7) is 0. The fourth-order valence-corrected chi connectivity index (χ4v) is 4.74. The van der Waals surface area contributed by atoms with E-state index in [0.29, 0.717) is 0 Å². The molecule has 1 aliphatic rings. The Bertz CT molecular complexity index is 786. The monoisotopic (exact) mass is 360 g/mol. The molecule has 0 unspecified atom stereocenters. The van der Waals surface area contributed by atoms with Gasteiger partial charge in [0.1, 0.15) is 11.5 Å². The molecule has 1 saturated carbocycles. The molecule has 5 heteroatoms. The molecule has 4 nitrogen and oxygen atoms in total. The van der Waals surface area contributed by atoms with Crippen molar-refractivity contribution in [3.05, 3.63) is 65.7 Å². The average Bonchev–Trinajstić information content (AvgIpc) is 2.62. The molecule has 2 aromatic rings. The summed E-state index contributed by atoms with van der Waals surface area (Å²) >= 11 is 0. The van der Waals surface area contributed by atoms with Crippen LogP contribution in [0.25, 0.3) is 0 Å². The van der Waals surface area contributed by atoms with Gasteiger partial charge in [-0.15, -0.1) is 0 Å². The molecule has 25 heavy (non-hydrogen) atoms. The largest absolute Gasteiger partial charge is 0.497 e. The molecule has 0 amide bonds. The maximum absolute atomic E-state index is 12.5. The number of ether oxygens (including phenoxy) is 1. The van der Waals surface area contributed by atoms with Crippen LogP contribution in [0.5, 0.6) is 5.75 Å². The first-order chi connectivity index (χ1) is 12.1. The molecule has 2 atom stereocenters. The SMILES string of the molecule is COc1cccc([C@H]2CCCC[C@@H]2OS(=O)(=O)Cc2ccccc2)c1. The highest BCUT2D eigenvalue weighted by atomic mass is 32.2. The van der Waals surface area contributed by atoms with E-state index >= 15 is 0 Å². The Kier molecular flexibility index (Phi) is 5.76. The molecule has 0 aliphatic heterocycles. The summed E-state index contributed by atoms with van der Waals surface area (Å²) < 4.78 is 36.0. The summed E-state index contributed by atoms with van der Waals surface area (Å²) in [4.78, 5) is 0. The van der Waals surface area contributed by atoms with Gasteiger partial charge in [0.25, 0.3) is 10.1 Å². The van der Waals surface area contributed by atoms with Crippen LogP contribution >= 0.6 is 0 Å². The van der Waals surface area contributed by atoms with E-state index in [1.807, 2.05) is 42.5 Å². The third-order valence-corrected chi connectivity index (χ3v) is 5.91. The van der Waals surface area contributed by atoms with Crippen molar-refractivity contribution >= 4 is 10.1 Å². The minimum Gasteiger partial charge on any atom is -0.497 e. The fraction of sp³-hybridized carbons (Fsp3) is 0.400. The van der Waals surface area contributed by atoms with E-state index in [1.165, 1.54) is 0 Å². The van der Waals surface area contributed by atoms with Crippen molar-refractivity contribution in [3.8, 4) is 5.75 Å². The summed E-state index contributed by atoms with van der Waals surface area (Å²) in [6, 6.07) is 17.0. The van der Waals surface area contributed by atoms with Crippen LogP contribution in [-0.2, 0) is 20.1 Å². The smallest absolute Gasteiger partial charge is 0.271 e. The normalized spacial score (nSPS) is 21.0. The Morgan fingerprint density at radius 3 is 2.52 bits per heavy atom. The van der Waals surface area contributed by atoms with E-state index in [-0.39, 0.29) is 17.8 Å². The molecule has 134 valence electrons. The van der Waals surface area contributed by atoms with Gasteiger partial charge >= 0.3 is 0 Å². The Hall–Kier alpha value is -1.85. The molecule has 0 aromatic heterocycles. The summed E-state index contributed by atoms with van der Waals surface area (Å²) in [5.41, 5.74) is 1.83. The van der Waals surface area contributed by atoms with Crippen LogP contribution in [0.2, 0.25) is 0 Å². The van der Waals surface area contributed by atoms with Gasteiger partial charge in [-0.1, -0.05) is 55.3 Å². The van der Waals surface area contributed by atoms with Crippen LogP contribution < -0.4 is 4.74 Å². The van der Waals surface area contributed by atoms with E-state index in [1.54, 1.807) is 19.2 Å². The molecule has 2 aromatic carbocycles. The predicted molar refractivity (Wildman–Crippen MR) is 98.1 cm³/mol. The molecule has 0 radical (unpaired) electrons. The molecule has 3 rings (SSSR count). The van der Waals surface area contributed by atoms with Crippen LogP contribution in [0.4, 0.5) is 0 Å². The topological polar surface area (TPSA) is 52.6 Å². The third-order valence-electron chi connectivity index (χ3n) is 4.68. The van der Waals surface area contributed by atoms with Crippen molar-refractivity contribution in [1.82, 2.24) is 0 Å². The van der Waals surface area contributed by atoms with Gasteiger partial charge in [0, 0.05) is 5.92 Å². The molecule has 0 bridgehead atoms. The lowest BCUT2D eigenvalue weighted by molar-refractivity contribution is 0.137. The lowest BCUT2D eigenvalue weighted by atomic mass is 9.82. The molecule has 0 saturated heterocycles. The second-order valence-corrected chi connectivity index (χ2v) is 8.09. The van der Waals surface area contributed by atoms with Crippen LogP contribution in [0.15, 0.2) is 54.6 Å². The third kappa shape index (κ3) is 4.83. The van der Waals surface area contributed by atoms with Crippen LogP contribution in [0.1, 0.15) is 42.7 Å². The summed E-state index contributed by atoms with van der Waals surface area (Å²) in [7, 11) is -1.98. The minimum absolute atomic E-state index is 0.0781. The number of hydrogen-bond acceptors (Lipinski definition) is 4. The summed E-state index contributed by atoms with van der Waals surface area (Å²) in [5.74, 6) is 0.776. The second-order valence-electron chi connectivity index (χ2n) is 6.49. The Morgan fingerprint density at radius 1 is 1.00 bits per heavy atom. The summed E-state index contributed by atoms with van der Waals surface area (Å²) in [5, 5.41) is 0. The van der Waals surface area contributed by atoms with E-state index in [2.05, 4.69) is 0 Å². The van der Waals surface area contributed by atoms with Gasteiger partial charge < -0.3 is 4.74 Å². The van der Waals surface area contributed by atoms with Crippen molar-refractivity contribution in [2.24, 2.45) is 0 Å². The van der Waals surface area contributed by atoms with E-state index in [4.69, 9.17) is 8.92 Å². The standard InChI is InChI=1S/C20H24O4S/c1-23-18-11-7-10-17(14-18)19-12-5-6-13-20(19)24-25(21,22)15-16-8-3-2-4-9-16/h2-4,7-11,14,19-20H,5-6,12-13,15H2,1H3/t19-,20+/m1/s1. The van der Waals surface area contributed by atoms with E-state index in [0.717, 1.165) is 42.6 Å². The molecular weight excluding hydrogens is 336 g/mol. The summed E-state index contributed by atoms with van der Waals surface area (Å²) in [6.07, 6.45) is 3.45. The zero-order valence-electron chi connectivity index (χ0n) is 14.4. The lowest BCUT2D eigenvalue weighted by Crippen LogP contribution is -2.29. The first-order valence-corrected chi connectivity index (χ1v) is 10.2. The average molecular weight is 360 g/mol. The van der Waals surface area contributed by atoms with Crippen molar-refractivity contribution in [2.75, 3.05) is 7.11 Å². The van der Waals surface area contributed by atoms with Gasteiger partial charge in [0.2, 0.25) is 0 Å². The van der Waals surface area contributed by atoms with E-state index < -0.39 is 10.1 Å². The van der Waals surface area contributed by atoms with Gasteiger partial charge in [-0.25, -0.2) is 0 Å².